The first-order chi connectivity index (χ1) is 8.29. The fourth-order valence-corrected chi connectivity index (χ4v) is 3.06. The fourth-order valence-electron chi connectivity index (χ4n) is 2.68. The minimum absolute atomic E-state index is 0.225. The summed E-state index contributed by atoms with van der Waals surface area (Å²) < 4.78 is 1.01. The second-order valence-corrected chi connectivity index (χ2v) is 5.81. The van der Waals surface area contributed by atoms with Crippen molar-refractivity contribution in [3.8, 4) is 0 Å². The monoisotopic (exact) mass is 297 g/mol. The maximum absolute atomic E-state index is 5.68. The Balaban J connectivity index is 2.00. The third-order valence-corrected chi connectivity index (χ3v) is 4.06. The minimum atomic E-state index is 0.225. The number of rotatable bonds is 4. The molecule has 1 aromatic heterocycles. The molecule has 1 heterocycles. The van der Waals surface area contributed by atoms with E-state index in [1.54, 1.807) is 6.20 Å². The molecule has 1 fully saturated rings. The van der Waals surface area contributed by atoms with E-state index in [9.17, 15) is 0 Å². The van der Waals surface area contributed by atoms with Gasteiger partial charge in [-0.2, -0.15) is 0 Å². The fraction of sp³-hybridized carbons (Fsp3) is 0.615. The Morgan fingerprint density at radius 2 is 2.12 bits per heavy atom. The molecular formula is C13H20BrN3. The van der Waals surface area contributed by atoms with E-state index in [-0.39, 0.29) is 6.04 Å². The highest BCUT2D eigenvalue weighted by atomic mass is 79.9. The van der Waals surface area contributed by atoms with Gasteiger partial charge in [-0.05, 0) is 39.9 Å². The number of halogens is 1. The van der Waals surface area contributed by atoms with Gasteiger partial charge in [-0.25, -0.2) is 0 Å². The van der Waals surface area contributed by atoms with E-state index < -0.39 is 0 Å². The van der Waals surface area contributed by atoms with Crippen LogP contribution in [0.2, 0.25) is 0 Å². The Morgan fingerprint density at radius 3 is 2.76 bits per heavy atom. The van der Waals surface area contributed by atoms with E-state index in [4.69, 9.17) is 5.84 Å². The second kappa shape index (κ2) is 6.47. The summed E-state index contributed by atoms with van der Waals surface area (Å²) in [5.74, 6) is 6.49. The standard InChI is InChI=1S/C13H20BrN3/c14-12-7-11(8-16-9-12)13(17-15)6-10-4-2-1-3-5-10/h7-10,13,17H,1-6,15H2. The lowest BCUT2D eigenvalue weighted by atomic mass is 9.84. The Labute approximate surface area is 111 Å². The first kappa shape index (κ1) is 13.0. The molecule has 1 aromatic rings. The number of nitrogens with one attached hydrogen (secondary N) is 1. The smallest absolute Gasteiger partial charge is 0.0478 e. The quantitative estimate of drug-likeness (QED) is 0.662. The van der Waals surface area contributed by atoms with E-state index in [0.717, 1.165) is 16.8 Å². The molecule has 1 aliphatic carbocycles. The lowest BCUT2D eigenvalue weighted by Gasteiger charge is -2.26. The summed E-state index contributed by atoms with van der Waals surface area (Å²) in [7, 11) is 0. The number of nitrogens with zero attached hydrogens (tertiary/aromatic N) is 1. The van der Waals surface area contributed by atoms with Crippen molar-refractivity contribution in [2.45, 2.75) is 44.6 Å². The average molecular weight is 298 g/mol. The zero-order valence-electron chi connectivity index (χ0n) is 10.0. The van der Waals surface area contributed by atoms with Crippen LogP contribution in [0.5, 0.6) is 0 Å². The largest absolute Gasteiger partial charge is 0.271 e. The van der Waals surface area contributed by atoms with Crippen molar-refractivity contribution in [3.63, 3.8) is 0 Å². The van der Waals surface area contributed by atoms with Crippen LogP contribution in [0, 0.1) is 5.92 Å². The van der Waals surface area contributed by atoms with Gasteiger partial charge in [0.2, 0.25) is 0 Å². The molecule has 1 unspecified atom stereocenters. The molecule has 1 aliphatic rings. The predicted octanol–water partition coefficient (Wildman–Crippen LogP) is 3.32. The molecule has 2 rings (SSSR count). The third-order valence-electron chi connectivity index (χ3n) is 3.62. The summed E-state index contributed by atoms with van der Waals surface area (Å²) in [5, 5.41) is 0. The molecule has 0 radical (unpaired) electrons. The summed E-state index contributed by atoms with van der Waals surface area (Å²) in [5.41, 5.74) is 4.11. The van der Waals surface area contributed by atoms with Crippen molar-refractivity contribution >= 4 is 15.9 Å². The molecule has 0 aromatic carbocycles. The predicted molar refractivity (Wildman–Crippen MR) is 73.2 cm³/mol. The second-order valence-electron chi connectivity index (χ2n) is 4.90. The summed E-state index contributed by atoms with van der Waals surface area (Å²) in [6.07, 6.45) is 11.7. The molecule has 0 aliphatic heterocycles. The highest BCUT2D eigenvalue weighted by Crippen LogP contribution is 2.31. The maximum Gasteiger partial charge on any atom is 0.0478 e. The van der Waals surface area contributed by atoms with E-state index >= 15 is 0 Å². The molecule has 4 heteroatoms. The van der Waals surface area contributed by atoms with Gasteiger partial charge in [0.1, 0.15) is 0 Å². The van der Waals surface area contributed by atoms with Crippen LogP contribution in [0.3, 0.4) is 0 Å². The van der Waals surface area contributed by atoms with Gasteiger partial charge < -0.3 is 0 Å². The lowest BCUT2D eigenvalue weighted by molar-refractivity contribution is 0.301. The highest BCUT2D eigenvalue weighted by Gasteiger charge is 2.19. The molecule has 1 saturated carbocycles. The van der Waals surface area contributed by atoms with E-state index in [2.05, 4.69) is 32.4 Å². The first-order valence-electron chi connectivity index (χ1n) is 6.36. The van der Waals surface area contributed by atoms with Crippen molar-refractivity contribution in [3.05, 3.63) is 28.5 Å². The summed E-state index contributed by atoms with van der Waals surface area (Å²) in [6, 6.07) is 2.32. The molecule has 0 saturated heterocycles. The van der Waals surface area contributed by atoms with E-state index in [0.29, 0.717) is 0 Å². The Hall–Kier alpha value is -0.450. The Bertz CT molecular complexity index is 350. The van der Waals surface area contributed by atoms with Crippen molar-refractivity contribution in [1.82, 2.24) is 10.4 Å². The molecule has 17 heavy (non-hydrogen) atoms. The van der Waals surface area contributed by atoms with Gasteiger partial charge in [-0.1, -0.05) is 32.1 Å². The molecule has 0 amide bonds. The minimum Gasteiger partial charge on any atom is -0.271 e. The van der Waals surface area contributed by atoms with Crippen LogP contribution in [0.25, 0.3) is 0 Å². The molecular weight excluding hydrogens is 278 g/mol. The van der Waals surface area contributed by atoms with E-state index in [1.807, 2.05) is 6.20 Å². The molecule has 0 bridgehead atoms. The van der Waals surface area contributed by atoms with Crippen molar-refractivity contribution in [1.29, 1.82) is 0 Å². The SMILES string of the molecule is NNC(CC1CCCCC1)c1cncc(Br)c1. The molecule has 1 atom stereocenters. The lowest BCUT2D eigenvalue weighted by Crippen LogP contribution is -2.30. The first-order valence-corrected chi connectivity index (χ1v) is 7.15. The number of nitrogens with two attached hydrogens (primary N) is 1. The zero-order chi connectivity index (χ0) is 12.1. The summed E-state index contributed by atoms with van der Waals surface area (Å²) in [4.78, 5) is 4.20. The van der Waals surface area contributed by atoms with Crippen LogP contribution >= 0.6 is 15.9 Å². The van der Waals surface area contributed by atoms with Gasteiger partial charge in [0, 0.05) is 22.9 Å². The van der Waals surface area contributed by atoms with Crippen LogP contribution < -0.4 is 11.3 Å². The number of pyridine rings is 1. The van der Waals surface area contributed by atoms with Gasteiger partial charge in [0.25, 0.3) is 0 Å². The Kier molecular flexibility index (Phi) is 4.95. The zero-order valence-corrected chi connectivity index (χ0v) is 11.6. The average Bonchev–Trinajstić information content (AvgIpc) is 2.37. The Morgan fingerprint density at radius 1 is 1.35 bits per heavy atom. The van der Waals surface area contributed by atoms with Gasteiger partial charge in [-0.15, -0.1) is 0 Å². The highest BCUT2D eigenvalue weighted by molar-refractivity contribution is 9.10. The van der Waals surface area contributed by atoms with Crippen LogP contribution in [0.1, 0.15) is 50.1 Å². The van der Waals surface area contributed by atoms with E-state index in [1.165, 1.54) is 37.7 Å². The van der Waals surface area contributed by atoms with Crippen LogP contribution in [-0.2, 0) is 0 Å². The molecule has 94 valence electrons. The molecule has 3 N–H and O–H groups in total. The normalized spacial score (nSPS) is 19.2. The topological polar surface area (TPSA) is 50.9 Å². The van der Waals surface area contributed by atoms with Crippen molar-refractivity contribution < 1.29 is 0 Å². The number of hydrogen-bond donors (Lipinski definition) is 2. The van der Waals surface area contributed by atoms with Gasteiger partial charge in [0.15, 0.2) is 0 Å². The van der Waals surface area contributed by atoms with Crippen LogP contribution in [0.15, 0.2) is 22.9 Å². The van der Waals surface area contributed by atoms with Gasteiger partial charge in [-0.3, -0.25) is 16.3 Å². The summed E-state index contributed by atoms with van der Waals surface area (Å²) in [6.45, 7) is 0. The van der Waals surface area contributed by atoms with Crippen molar-refractivity contribution in [2.75, 3.05) is 0 Å². The third kappa shape index (κ3) is 3.76. The van der Waals surface area contributed by atoms with Crippen LogP contribution in [-0.4, -0.2) is 4.98 Å². The number of hydrazine groups is 1. The molecule has 0 spiro atoms. The van der Waals surface area contributed by atoms with Crippen LogP contribution in [0.4, 0.5) is 0 Å². The van der Waals surface area contributed by atoms with Crippen molar-refractivity contribution in [2.24, 2.45) is 11.8 Å². The number of aromatic nitrogens is 1. The molecule has 3 nitrogen and oxygen atoms in total. The van der Waals surface area contributed by atoms with Gasteiger partial charge in [0.05, 0.1) is 0 Å². The maximum atomic E-state index is 5.68. The number of hydrogen-bond acceptors (Lipinski definition) is 3. The van der Waals surface area contributed by atoms with Gasteiger partial charge >= 0.3 is 0 Å². The summed E-state index contributed by atoms with van der Waals surface area (Å²) >= 11 is 3.45.